The third kappa shape index (κ3) is 4.70. The molecule has 6 heteroatoms. The zero-order valence-corrected chi connectivity index (χ0v) is 19.2. The molecule has 3 amide bonds. The lowest BCUT2D eigenvalue weighted by atomic mass is 9.50. The van der Waals surface area contributed by atoms with Crippen molar-refractivity contribution >= 4 is 11.9 Å². The molecular formula is C27H33N3O3. The van der Waals surface area contributed by atoms with Crippen molar-refractivity contribution in [2.24, 2.45) is 11.3 Å². The summed E-state index contributed by atoms with van der Waals surface area (Å²) in [7, 11) is 1.64. The number of fused-ring (bicyclic) bond motifs is 1. The van der Waals surface area contributed by atoms with Crippen LogP contribution in [0.25, 0.3) is 0 Å². The lowest BCUT2D eigenvalue weighted by molar-refractivity contribution is -0.139. The molecule has 0 radical (unpaired) electrons. The van der Waals surface area contributed by atoms with Crippen LogP contribution in [0, 0.1) is 11.3 Å². The second kappa shape index (κ2) is 9.08. The largest absolute Gasteiger partial charge is 0.497 e. The second-order valence-corrected chi connectivity index (χ2v) is 10.0. The van der Waals surface area contributed by atoms with Crippen LogP contribution in [0.4, 0.5) is 4.79 Å². The lowest BCUT2D eigenvalue weighted by Crippen LogP contribution is -2.59. The molecule has 0 heterocycles. The molecule has 1 atom stereocenters. The van der Waals surface area contributed by atoms with Gasteiger partial charge in [-0.1, -0.05) is 36.4 Å². The number of aryl methyl sites for hydroxylation is 1. The highest BCUT2D eigenvalue weighted by molar-refractivity contribution is 5.80. The van der Waals surface area contributed by atoms with Crippen LogP contribution >= 0.6 is 0 Å². The molecule has 6 nitrogen and oxygen atoms in total. The Bertz CT molecular complexity index is 1010. The standard InChI is InChI=1S/C27H33N3O3/c1-33-22-11-9-18(10-12-22)17-28-26(32)29-21-15-27(16-21)13-20(14-27)25(31)30-24-8-4-6-19-5-2-3-7-23(19)24/h2-3,5,7,9-12,20-21,24H,4,6,8,13-17H2,1H3,(H,30,31)(H2,28,29,32). The van der Waals surface area contributed by atoms with Crippen LogP contribution in [-0.4, -0.2) is 25.1 Å². The Balaban J connectivity index is 1.02. The van der Waals surface area contributed by atoms with Gasteiger partial charge < -0.3 is 20.7 Å². The minimum atomic E-state index is -0.129. The van der Waals surface area contributed by atoms with Gasteiger partial charge in [-0.05, 0) is 79.2 Å². The zero-order chi connectivity index (χ0) is 22.8. The van der Waals surface area contributed by atoms with Gasteiger partial charge in [0.25, 0.3) is 0 Å². The molecule has 0 bridgehead atoms. The summed E-state index contributed by atoms with van der Waals surface area (Å²) in [4.78, 5) is 25.1. The molecule has 3 N–H and O–H groups in total. The molecule has 5 rings (SSSR count). The fraction of sp³-hybridized carbons (Fsp3) is 0.481. The van der Waals surface area contributed by atoms with Crippen molar-refractivity contribution in [2.45, 2.75) is 63.6 Å². The first-order valence-electron chi connectivity index (χ1n) is 12.1. The van der Waals surface area contributed by atoms with E-state index in [0.717, 1.165) is 56.3 Å². The first-order chi connectivity index (χ1) is 16.0. The van der Waals surface area contributed by atoms with Gasteiger partial charge in [-0.25, -0.2) is 4.79 Å². The molecule has 0 aromatic heterocycles. The van der Waals surface area contributed by atoms with E-state index < -0.39 is 0 Å². The average Bonchev–Trinajstić information content (AvgIpc) is 2.79. The number of nitrogens with one attached hydrogen (secondary N) is 3. The highest BCUT2D eigenvalue weighted by Crippen LogP contribution is 2.58. The molecule has 33 heavy (non-hydrogen) atoms. The summed E-state index contributed by atoms with van der Waals surface area (Å²) in [5, 5.41) is 9.32. The summed E-state index contributed by atoms with van der Waals surface area (Å²) in [6, 6.07) is 16.4. The number of amides is 3. The number of benzene rings is 2. The molecule has 2 aromatic rings. The van der Waals surface area contributed by atoms with Crippen molar-refractivity contribution in [1.82, 2.24) is 16.0 Å². The Labute approximate surface area is 195 Å². The Morgan fingerprint density at radius 1 is 1.00 bits per heavy atom. The van der Waals surface area contributed by atoms with Crippen molar-refractivity contribution in [3.8, 4) is 5.75 Å². The summed E-state index contributed by atoms with van der Waals surface area (Å²) in [5.74, 6) is 1.12. The smallest absolute Gasteiger partial charge is 0.315 e. The summed E-state index contributed by atoms with van der Waals surface area (Å²) in [5.41, 5.74) is 3.95. The van der Waals surface area contributed by atoms with E-state index in [2.05, 4.69) is 40.2 Å². The van der Waals surface area contributed by atoms with Crippen molar-refractivity contribution in [3.05, 3.63) is 65.2 Å². The molecule has 0 saturated heterocycles. The van der Waals surface area contributed by atoms with Crippen molar-refractivity contribution in [1.29, 1.82) is 0 Å². The number of ether oxygens (including phenoxy) is 1. The topological polar surface area (TPSA) is 79.5 Å². The maximum Gasteiger partial charge on any atom is 0.315 e. The molecule has 2 saturated carbocycles. The number of hydrogen-bond acceptors (Lipinski definition) is 3. The van der Waals surface area contributed by atoms with Gasteiger partial charge in [0.1, 0.15) is 5.75 Å². The van der Waals surface area contributed by atoms with Gasteiger partial charge in [-0.2, -0.15) is 0 Å². The zero-order valence-electron chi connectivity index (χ0n) is 19.2. The average molecular weight is 448 g/mol. The van der Waals surface area contributed by atoms with Gasteiger partial charge in [0.2, 0.25) is 5.91 Å². The first-order valence-corrected chi connectivity index (χ1v) is 12.1. The van der Waals surface area contributed by atoms with E-state index in [1.807, 2.05) is 24.3 Å². The maximum atomic E-state index is 12.9. The number of methoxy groups -OCH3 is 1. The van der Waals surface area contributed by atoms with Crippen LogP contribution in [0.15, 0.2) is 48.5 Å². The summed E-state index contributed by atoms with van der Waals surface area (Å²) < 4.78 is 5.15. The van der Waals surface area contributed by atoms with Crippen molar-refractivity contribution < 1.29 is 14.3 Å². The number of hydrogen-bond donors (Lipinski definition) is 3. The number of urea groups is 1. The van der Waals surface area contributed by atoms with Crippen LogP contribution < -0.4 is 20.7 Å². The van der Waals surface area contributed by atoms with E-state index in [4.69, 9.17) is 4.74 Å². The van der Waals surface area contributed by atoms with Crippen molar-refractivity contribution in [2.75, 3.05) is 7.11 Å². The minimum absolute atomic E-state index is 0.115. The predicted octanol–water partition coefficient (Wildman–Crippen LogP) is 4.25. The molecule has 174 valence electrons. The van der Waals surface area contributed by atoms with E-state index in [-0.39, 0.29) is 35.4 Å². The monoisotopic (exact) mass is 447 g/mol. The van der Waals surface area contributed by atoms with Crippen LogP contribution in [-0.2, 0) is 17.8 Å². The van der Waals surface area contributed by atoms with Gasteiger partial charge in [0.05, 0.1) is 13.2 Å². The van der Waals surface area contributed by atoms with E-state index in [1.165, 1.54) is 11.1 Å². The fourth-order valence-corrected chi connectivity index (χ4v) is 5.95. The number of carbonyl (C=O) groups is 2. The SMILES string of the molecule is COc1ccc(CNC(=O)NC2CC3(C2)CC(C(=O)NC2CCCc4ccccc42)C3)cc1. The van der Waals surface area contributed by atoms with Crippen LogP contribution in [0.2, 0.25) is 0 Å². The van der Waals surface area contributed by atoms with E-state index in [1.54, 1.807) is 7.11 Å². The molecule has 1 unspecified atom stereocenters. The summed E-state index contributed by atoms with van der Waals surface area (Å²) >= 11 is 0. The number of carbonyl (C=O) groups excluding carboxylic acids is 2. The summed E-state index contributed by atoms with van der Waals surface area (Å²) in [6.45, 7) is 0.486. The first kappa shape index (κ1) is 21.8. The van der Waals surface area contributed by atoms with Gasteiger partial charge in [-0.3, -0.25) is 4.79 Å². The number of rotatable bonds is 6. The van der Waals surface area contributed by atoms with E-state index >= 15 is 0 Å². The van der Waals surface area contributed by atoms with Gasteiger partial charge in [0, 0.05) is 18.5 Å². The van der Waals surface area contributed by atoms with Gasteiger partial charge in [0.15, 0.2) is 0 Å². The molecular weight excluding hydrogens is 414 g/mol. The summed E-state index contributed by atoms with van der Waals surface area (Å²) in [6.07, 6.45) is 7.09. The van der Waals surface area contributed by atoms with Crippen LogP contribution in [0.5, 0.6) is 5.75 Å². The third-order valence-electron chi connectivity index (χ3n) is 7.72. The highest BCUT2D eigenvalue weighted by atomic mass is 16.5. The molecule has 2 fully saturated rings. The fourth-order valence-electron chi connectivity index (χ4n) is 5.95. The van der Waals surface area contributed by atoms with Gasteiger partial charge >= 0.3 is 6.03 Å². The normalized spacial score (nSPS) is 27.5. The molecule has 3 aliphatic carbocycles. The van der Waals surface area contributed by atoms with Crippen LogP contribution in [0.1, 0.15) is 61.3 Å². The second-order valence-electron chi connectivity index (χ2n) is 10.0. The Morgan fingerprint density at radius 2 is 1.76 bits per heavy atom. The minimum Gasteiger partial charge on any atom is -0.497 e. The molecule has 1 spiro atoms. The van der Waals surface area contributed by atoms with Crippen LogP contribution in [0.3, 0.4) is 0 Å². The molecule has 0 aliphatic heterocycles. The maximum absolute atomic E-state index is 12.9. The van der Waals surface area contributed by atoms with Crippen molar-refractivity contribution in [3.63, 3.8) is 0 Å². The molecule has 3 aliphatic rings. The quantitative estimate of drug-likeness (QED) is 0.620. The molecule has 2 aromatic carbocycles. The van der Waals surface area contributed by atoms with Gasteiger partial charge in [-0.15, -0.1) is 0 Å². The third-order valence-corrected chi connectivity index (χ3v) is 7.72. The Hall–Kier alpha value is -3.02. The lowest BCUT2D eigenvalue weighted by Gasteiger charge is -2.57. The highest BCUT2D eigenvalue weighted by Gasteiger charge is 2.55. The van der Waals surface area contributed by atoms with E-state index in [0.29, 0.717) is 6.54 Å². The van der Waals surface area contributed by atoms with E-state index in [9.17, 15) is 9.59 Å². The predicted molar refractivity (Wildman–Crippen MR) is 127 cm³/mol. The Morgan fingerprint density at radius 3 is 2.52 bits per heavy atom. The Kier molecular flexibility index (Phi) is 6.00.